The predicted molar refractivity (Wildman–Crippen MR) is 124 cm³/mol. The Morgan fingerprint density at radius 2 is 1.83 bits per heavy atom. The molecular formula is C26H38N2O. The number of aliphatic hydroxyl groups excluding tert-OH is 1. The highest BCUT2D eigenvalue weighted by Crippen LogP contribution is 2.34. The summed E-state index contributed by atoms with van der Waals surface area (Å²) < 4.78 is 0. The molecule has 1 atom stereocenters. The molecule has 0 aliphatic carbocycles. The van der Waals surface area contributed by atoms with E-state index in [1.54, 1.807) is 0 Å². The minimum atomic E-state index is 0.166. The third-order valence-electron chi connectivity index (χ3n) is 5.77. The summed E-state index contributed by atoms with van der Waals surface area (Å²) in [5, 5.41) is 9.94. The molecule has 0 amide bonds. The molecule has 0 aromatic carbocycles. The van der Waals surface area contributed by atoms with Crippen LogP contribution in [0.5, 0.6) is 0 Å². The van der Waals surface area contributed by atoms with Crippen molar-refractivity contribution >= 4 is 5.57 Å². The largest absolute Gasteiger partial charge is 0.396 e. The van der Waals surface area contributed by atoms with Crippen LogP contribution in [0.4, 0.5) is 0 Å². The van der Waals surface area contributed by atoms with Crippen LogP contribution in [0.2, 0.25) is 0 Å². The fourth-order valence-corrected chi connectivity index (χ4v) is 4.07. The van der Waals surface area contributed by atoms with Gasteiger partial charge in [0.05, 0.1) is 5.69 Å². The van der Waals surface area contributed by atoms with Gasteiger partial charge in [0, 0.05) is 35.2 Å². The van der Waals surface area contributed by atoms with E-state index in [2.05, 4.69) is 72.7 Å². The van der Waals surface area contributed by atoms with Crippen LogP contribution in [0.15, 0.2) is 24.3 Å². The molecule has 0 unspecified atom stereocenters. The molecule has 0 aliphatic rings. The van der Waals surface area contributed by atoms with E-state index in [0.717, 1.165) is 54.0 Å². The standard InChI is InChI=1S/C26H38N2O/c1-8-12-20(16-29)21(10-3)23-15-19(9-2)26(27-18(23)7)22-13-14-25(17(5)6)28-24(22)11-4/h10,13-15,17,20,29H,8-9,11-12,16H2,1-7H3/b21-10-/t20-/m1/s1. The molecular weight excluding hydrogens is 356 g/mol. The van der Waals surface area contributed by atoms with E-state index in [-0.39, 0.29) is 12.5 Å². The van der Waals surface area contributed by atoms with Crippen molar-refractivity contribution < 1.29 is 5.11 Å². The zero-order chi connectivity index (χ0) is 21.6. The van der Waals surface area contributed by atoms with E-state index >= 15 is 0 Å². The Balaban J connectivity index is 2.62. The first-order chi connectivity index (χ1) is 13.9. The Hall–Kier alpha value is -2.00. The van der Waals surface area contributed by atoms with Crippen LogP contribution in [0, 0.1) is 12.8 Å². The number of allylic oxidation sites excluding steroid dienone is 1. The van der Waals surface area contributed by atoms with E-state index in [1.807, 2.05) is 0 Å². The molecule has 3 nitrogen and oxygen atoms in total. The second-order valence-electron chi connectivity index (χ2n) is 8.13. The molecule has 2 heterocycles. The number of hydrogen-bond donors (Lipinski definition) is 1. The second kappa shape index (κ2) is 10.7. The molecule has 0 fully saturated rings. The zero-order valence-corrected chi connectivity index (χ0v) is 19.3. The number of rotatable bonds is 9. The Morgan fingerprint density at radius 3 is 2.34 bits per heavy atom. The SMILES string of the molecule is C/C=C(\c1cc(CC)c(-c2ccc(C(C)C)nc2CC)nc1C)[C@@H](CO)CCC. The van der Waals surface area contributed by atoms with Gasteiger partial charge in [-0.05, 0) is 73.9 Å². The lowest BCUT2D eigenvalue weighted by molar-refractivity contribution is 0.250. The summed E-state index contributed by atoms with van der Waals surface area (Å²) in [6, 6.07) is 6.64. The number of aromatic nitrogens is 2. The summed E-state index contributed by atoms with van der Waals surface area (Å²) in [4.78, 5) is 10.0. The number of aryl methyl sites for hydroxylation is 3. The van der Waals surface area contributed by atoms with Gasteiger partial charge < -0.3 is 5.11 Å². The lowest BCUT2D eigenvalue weighted by Gasteiger charge is -2.22. The number of aliphatic hydroxyl groups is 1. The highest BCUT2D eigenvalue weighted by Gasteiger charge is 2.20. The highest BCUT2D eigenvalue weighted by atomic mass is 16.3. The van der Waals surface area contributed by atoms with Crippen LogP contribution in [0.1, 0.15) is 88.5 Å². The normalized spacial score (nSPS) is 13.2. The topological polar surface area (TPSA) is 46.0 Å². The van der Waals surface area contributed by atoms with Crippen LogP contribution >= 0.6 is 0 Å². The Morgan fingerprint density at radius 1 is 1.10 bits per heavy atom. The number of hydrogen-bond acceptors (Lipinski definition) is 3. The van der Waals surface area contributed by atoms with E-state index in [1.165, 1.54) is 16.7 Å². The minimum Gasteiger partial charge on any atom is -0.396 e. The van der Waals surface area contributed by atoms with Crippen molar-refractivity contribution in [3.8, 4) is 11.3 Å². The Bertz CT molecular complexity index is 852. The second-order valence-corrected chi connectivity index (χ2v) is 8.13. The zero-order valence-electron chi connectivity index (χ0n) is 19.3. The maximum atomic E-state index is 9.94. The monoisotopic (exact) mass is 394 g/mol. The number of nitrogens with zero attached hydrogens (tertiary/aromatic N) is 2. The van der Waals surface area contributed by atoms with Gasteiger partial charge in [0.25, 0.3) is 0 Å². The van der Waals surface area contributed by atoms with Gasteiger partial charge in [-0.2, -0.15) is 0 Å². The van der Waals surface area contributed by atoms with E-state index in [0.29, 0.717) is 5.92 Å². The van der Waals surface area contributed by atoms with Crippen molar-refractivity contribution in [2.75, 3.05) is 6.61 Å². The van der Waals surface area contributed by atoms with Crippen LogP contribution in [-0.2, 0) is 12.8 Å². The van der Waals surface area contributed by atoms with Gasteiger partial charge in [-0.25, -0.2) is 0 Å². The predicted octanol–water partition coefficient (Wildman–Crippen LogP) is 6.51. The third-order valence-corrected chi connectivity index (χ3v) is 5.77. The van der Waals surface area contributed by atoms with Crippen molar-refractivity contribution in [2.45, 2.75) is 80.1 Å². The van der Waals surface area contributed by atoms with Crippen molar-refractivity contribution in [1.82, 2.24) is 9.97 Å². The molecule has 0 spiro atoms. The fraction of sp³-hybridized carbons (Fsp3) is 0.538. The molecule has 0 radical (unpaired) electrons. The van der Waals surface area contributed by atoms with Gasteiger partial charge in [-0.3, -0.25) is 9.97 Å². The lowest BCUT2D eigenvalue weighted by atomic mass is 9.87. The molecule has 158 valence electrons. The molecule has 2 rings (SSSR count). The van der Waals surface area contributed by atoms with Crippen LogP contribution in [0.3, 0.4) is 0 Å². The lowest BCUT2D eigenvalue weighted by Crippen LogP contribution is -2.11. The third kappa shape index (κ3) is 5.14. The molecule has 2 aromatic heterocycles. The van der Waals surface area contributed by atoms with Gasteiger partial charge in [-0.15, -0.1) is 0 Å². The quantitative estimate of drug-likeness (QED) is 0.527. The summed E-state index contributed by atoms with van der Waals surface area (Å²) in [6.45, 7) is 15.2. The van der Waals surface area contributed by atoms with Gasteiger partial charge in [0.2, 0.25) is 0 Å². The average molecular weight is 395 g/mol. The minimum absolute atomic E-state index is 0.166. The van der Waals surface area contributed by atoms with E-state index in [4.69, 9.17) is 9.97 Å². The first-order valence-electron chi connectivity index (χ1n) is 11.2. The number of pyridine rings is 2. The highest BCUT2D eigenvalue weighted by molar-refractivity contribution is 5.74. The van der Waals surface area contributed by atoms with Gasteiger partial charge in [0.1, 0.15) is 0 Å². The maximum absolute atomic E-state index is 9.94. The van der Waals surface area contributed by atoms with Crippen LogP contribution in [-0.4, -0.2) is 21.7 Å². The summed E-state index contributed by atoms with van der Waals surface area (Å²) in [5.74, 6) is 0.586. The molecule has 29 heavy (non-hydrogen) atoms. The molecule has 3 heteroatoms. The molecule has 2 aromatic rings. The van der Waals surface area contributed by atoms with Crippen molar-refractivity contribution in [2.24, 2.45) is 5.92 Å². The van der Waals surface area contributed by atoms with Crippen molar-refractivity contribution in [3.05, 3.63) is 52.5 Å². The first-order valence-corrected chi connectivity index (χ1v) is 11.2. The summed E-state index contributed by atoms with van der Waals surface area (Å²) in [5.41, 5.74) is 9.11. The van der Waals surface area contributed by atoms with Gasteiger partial charge in [-0.1, -0.05) is 47.1 Å². The first kappa shape index (κ1) is 23.3. The summed E-state index contributed by atoms with van der Waals surface area (Å²) in [6.07, 6.45) is 6.00. The van der Waals surface area contributed by atoms with E-state index in [9.17, 15) is 5.11 Å². The van der Waals surface area contributed by atoms with Crippen LogP contribution in [0.25, 0.3) is 16.8 Å². The average Bonchev–Trinajstić information content (AvgIpc) is 2.73. The fourth-order valence-electron chi connectivity index (χ4n) is 4.07. The molecule has 0 aliphatic heterocycles. The van der Waals surface area contributed by atoms with E-state index < -0.39 is 0 Å². The molecule has 1 N–H and O–H groups in total. The Labute approximate surface area is 177 Å². The summed E-state index contributed by atoms with van der Waals surface area (Å²) in [7, 11) is 0. The maximum Gasteiger partial charge on any atom is 0.0755 e. The van der Waals surface area contributed by atoms with Gasteiger partial charge >= 0.3 is 0 Å². The Kier molecular flexibility index (Phi) is 8.58. The molecule has 0 saturated heterocycles. The smallest absolute Gasteiger partial charge is 0.0755 e. The van der Waals surface area contributed by atoms with Crippen LogP contribution < -0.4 is 0 Å². The van der Waals surface area contributed by atoms with Crippen molar-refractivity contribution in [3.63, 3.8) is 0 Å². The van der Waals surface area contributed by atoms with Gasteiger partial charge in [0.15, 0.2) is 0 Å². The summed E-state index contributed by atoms with van der Waals surface area (Å²) >= 11 is 0. The molecule has 0 bridgehead atoms. The molecule has 0 saturated carbocycles. The van der Waals surface area contributed by atoms with Crippen molar-refractivity contribution in [1.29, 1.82) is 0 Å².